The van der Waals surface area contributed by atoms with Crippen LogP contribution in [0.5, 0.6) is 0 Å². The molecule has 2 aromatic heterocycles. The van der Waals surface area contributed by atoms with Gasteiger partial charge in [-0.1, -0.05) is 24.3 Å². The summed E-state index contributed by atoms with van der Waals surface area (Å²) in [6, 6.07) is 22.0. The molecule has 0 spiro atoms. The number of aromatic nitrogens is 4. The van der Waals surface area contributed by atoms with E-state index in [1.165, 1.54) is 0 Å². The van der Waals surface area contributed by atoms with Crippen molar-refractivity contribution in [1.82, 2.24) is 19.7 Å². The van der Waals surface area contributed by atoms with Gasteiger partial charge in [-0.25, -0.2) is 4.98 Å². The number of anilines is 2. The van der Waals surface area contributed by atoms with Crippen molar-refractivity contribution in [2.45, 2.75) is 25.7 Å². The van der Waals surface area contributed by atoms with Gasteiger partial charge in [0.05, 0.1) is 22.9 Å². The molecular formula is C30H22N6O. The summed E-state index contributed by atoms with van der Waals surface area (Å²) in [5.41, 5.74) is 6.81. The third-order valence-corrected chi connectivity index (χ3v) is 7.24. The van der Waals surface area contributed by atoms with E-state index in [0.29, 0.717) is 28.7 Å². The average Bonchev–Trinajstić information content (AvgIpc) is 3.61. The fourth-order valence-corrected chi connectivity index (χ4v) is 5.34. The van der Waals surface area contributed by atoms with E-state index < -0.39 is 0 Å². The van der Waals surface area contributed by atoms with Crippen LogP contribution in [0.4, 0.5) is 11.5 Å². The molecule has 1 aliphatic heterocycles. The minimum Gasteiger partial charge on any atom is -0.317 e. The first-order chi connectivity index (χ1) is 18.0. The van der Waals surface area contributed by atoms with Crippen molar-refractivity contribution in [3.05, 3.63) is 89.4 Å². The van der Waals surface area contributed by atoms with Crippen LogP contribution in [0.3, 0.4) is 0 Å². The van der Waals surface area contributed by atoms with E-state index in [4.69, 9.17) is 4.98 Å². The van der Waals surface area contributed by atoms with Gasteiger partial charge in [-0.05, 0) is 78.2 Å². The summed E-state index contributed by atoms with van der Waals surface area (Å²) in [6.45, 7) is 2.02. The fourth-order valence-electron chi connectivity index (χ4n) is 5.34. The number of nitrogens with zero attached hydrogens (tertiary/aromatic N) is 6. The van der Waals surface area contributed by atoms with Crippen LogP contribution >= 0.6 is 0 Å². The lowest BCUT2D eigenvalue weighted by atomic mass is 9.96. The smallest absolute Gasteiger partial charge is 0.264 e. The van der Waals surface area contributed by atoms with Gasteiger partial charge in [-0.15, -0.1) is 10.2 Å². The predicted octanol–water partition coefficient (Wildman–Crippen LogP) is 6.05. The fraction of sp³-hybridized carbons (Fsp3) is 0.167. The first kappa shape index (κ1) is 21.5. The summed E-state index contributed by atoms with van der Waals surface area (Å²) >= 11 is 0. The second-order valence-electron chi connectivity index (χ2n) is 9.88. The van der Waals surface area contributed by atoms with Gasteiger partial charge in [0.1, 0.15) is 12.1 Å². The van der Waals surface area contributed by atoms with Crippen molar-refractivity contribution in [2.75, 3.05) is 4.90 Å². The maximum absolute atomic E-state index is 13.8. The van der Waals surface area contributed by atoms with Crippen molar-refractivity contribution >= 4 is 28.2 Å². The van der Waals surface area contributed by atoms with Gasteiger partial charge in [-0.3, -0.25) is 9.69 Å². The largest absolute Gasteiger partial charge is 0.317 e. The van der Waals surface area contributed by atoms with Crippen LogP contribution in [0.25, 0.3) is 33.3 Å². The third kappa shape index (κ3) is 3.34. The van der Waals surface area contributed by atoms with Gasteiger partial charge in [-0.2, -0.15) is 5.26 Å². The van der Waals surface area contributed by atoms with E-state index in [-0.39, 0.29) is 5.91 Å². The molecule has 0 atom stereocenters. The number of pyridine rings is 1. The number of carbonyl (C=O) groups excluding carboxylic acids is 1. The summed E-state index contributed by atoms with van der Waals surface area (Å²) in [5.74, 6) is 1.60. The molecule has 0 bridgehead atoms. The first-order valence-corrected chi connectivity index (χ1v) is 12.3. The second-order valence-corrected chi connectivity index (χ2v) is 9.88. The molecule has 0 radical (unpaired) electrons. The van der Waals surface area contributed by atoms with Gasteiger partial charge in [0, 0.05) is 29.6 Å². The first-order valence-electron chi connectivity index (χ1n) is 12.3. The lowest BCUT2D eigenvalue weighted by Crippen LogP contribution is -2.22. The SMILES string of the molecule is Cc1cc2c3c(cccc3c1)N(c1cc(-c3ccc(C#N)cc3-c3nncn3C)cc(C3CC3)n1)C2=O. The summed E-state index contributed by atoms with van der Waals surface area (Å²) in [7, 11) is 1.88. The highest BCUT2D eigenvalue weighted by atomic mass is 16.2. The minimum absolute atomic E-state index is 0.0605. The number of hydrogen-bond acceptors (Lipinski definition) is 5. The van der Waals surface area contributed by atoms with Crippen LogP contribution in [-0.4, -0.2) is 25.7 Å². The van der Waals surface area contributed by atoms with Crippen molar-refractivity contribution in [3.63, 3.8) is 0 Å². The maximum Gasteiger partial charge on any atom is 0.264 e. The highest BCUT2D eigenvalue weighted by Gasteiger charge is 2.34. The monoisotopic (exact) mass is 482 g/mol. The highest BCUT2D eigenvalue weighted by Crippen LogP contribution is 2.46. The molecule has 3 heterocycles. The quantitative estimate of drug-likeness (QED) is 0.311. The van der Waals surface area contributed by atoms with Crippen molar-refractivity contribution in [3.8, 4) is 28.6 Å². The molecule has 1 aliphatic carbocycles. The topological polar surface area (TPSA) is 87.7 Å². The maximum atomic E-state index is 13.8. The van der Waals surface area contributed by atoms with Gasteiger partial charge in [0.25, 0.3) is 5.91 Å². The summed E-state index contributed by atoms with van der Waals surface area (Å²) in [5, 5.41) is 20.0. The Kier molecular flexibility index (Phi) is 4.54. The summed E-state index contributed by atoms with van der Waals surface area (Å²) < 4.78 is 1.84. The number of benzene rings is 3. The van der Waals surface area contributed by atoms with Crippen LogP contribution < -0.4 is 4.90 Å². The van der Waals surface area contributed by atoms with E-state index in [1.807, 2.05) is 61.0 Å². The van der Waals surface area contributed by atoms with E-state index >= 15 is 0 Å². The molecule has 7 rings (SSSR count). The average molecular weight is 483 g/mol. The lowest BCUT2D eigenvalue weighted by Gasteiger charge is -2.20. The normalized spacial score (nSPS) is 14.4. The Bertz CT molecular complexity index is 1810. The Morgan fingerprint density at radius 2 is 1.86 bits per heavy atom. The third-order valence-electron chi connectivity index (χ3n) is 7.24. The van der Waals surface area contributed by atoms with E-state index in [1.54, 1.807) is 11.2 Å². The Labute approximate surface area is 213 Å². The Morgan fingerprint density at radius 1 is 1.00 bits per heavy atom. The molecule has 3 aromatic carbocycles. The van der Waals surface area contributed by atoms with Crippen LogP contribution in [0.2, 0.25) is 0 Å². The van der Waals surface area contributed by atoms with Gasteiger partial charge < -0.3 is 4.57 Å². The summed E-state index contributed by atoms with van der Waals surface area (Å²) in [6.07, 6.45) is 3.82. The zero-order chi connectivity index (χ0) is 25.3. The molecule has 7 nitrogen and oxygen atoms in total. The van der Waals surface area contributed by atoms with Crippen molar-refractivity contribution < 1.29 is 4.79 Å². The molecule has 1 fully saturated rings. The molecule has 1 saturated carbocycles. The van der Waals surface area contributed by atoms with Crippen LogP contribution in [0.1, 0.15) is 45.9 Å². The van der Waals surface area contributed by atoms with Gasteiger partial charge in [0.2, 0.25) is 0 Å². The summed E-state index contributed by atoms with van der Waals surface area (Å²) in [4.78, 5) is 20.5. The zero-order valence-corrected chi connectivity index (χ0v) is 20.4. The Balaban J connectivity index is 1.45. The Morgan fingerprint density at radius 3 is 2.62 bits per heavy atom. The Hall–Kier alpha value is -4.83. The molecule has 0 N–H and O–H groups in total. The van der Waals surface area contributed by atoms with Crippen LogP contribution in [0.15, 0.2) is 67.0 Å². The number of rotatable bonds is 4. The van der Waals surface area contributed by atoms with E-state index in [2.05, 4.69) is 34.5 Å². The lowest BCUT2D eigenvalue weighted by molar-refractivity contribution is 0.100. The number of carbonyl (C=O) groups is 1. The van der Waals surface area contributed by atoms with E-state index in [9.17, 15) is 10.1 Å². The van der Waals surface area contributed by atoms with E-state index in [0.717, 1.165) is 57.2 Å². The minimum atomic E-state index is -0.0605. The van der Waals surface area contributed by atoms with Gasteiger partial charge in [0.15, 0.2) is 5.82 Å². The molecule has 1 amide bonds. The molecule has 7 heteroatoms. The molecule has 178 valence electrons. The van der Waals surface area contributed by atoms with Crippen molar-refractivity contribution in [2.24, 2.45) is 7.05 Å². The van der Waals surface area contributed by atoms with Crippen LogP contribution in [0, 0.1) is 18.3 Å². The van der Waals surface area contributed by atoms with Crippen molar-refractivity contribution in [1.29, 1.82) is 5.26 Å². The van der Waals surface area contributed by atoms with Crippen LogP contribution in [-0.2, 0) is 7.05 Å². The number of amides is 1. The number of nitriles is 1. The molecule has 37 heavy (non-hydrogen) atoms. The highest BCUT2D eigenvalue weighted by molar-refractivity contribution is 6.27. The molecule has 5 aromatic rings. The predicted molar refractivity (Wildman–Crippen MR) is 142 cm³/mol. The molecule has 2 aliphatic rings. The number of hydrogen-bond donors (Lipinski definition) is 0. The number of aryl methyl sites for hydroxylation is 2. The second kappa shape index (κ2) is 7.84. The molecule has 0 unspecified atom stereocenters. The molecular weight excluding hydrogens is 460 g/mol. The zero-order valence-electron chi connectivity index (χ0n) is 20.4. The standard InChI is InChI=1S/C30H22N6O/c1-17-10-20-4-3-5-26-28(20)24(11-17)30(37)36(26)27-14-21(13-25(33-27)19-7-8-19)22-9-6-18(15-31)12-23(22)29-34-32-16-35(29)2/h3-6,9-14,16,19H,7-8H2,1-2H3. The van der Waals surface area contributed by atoms with Gasteiger partial charge >= 0.3 is 0 Å². The molecule has 0 saturated heterocycles.